The first-order valence-electron chi connectivity index (χ1n) is 9.60. The van der Waals surface area contributed by atoms with Gasteiger partial charge in [0.1, 0.15) is 12.4 Å². The highest BCUT2D eigenvalue weighted by atomic mass is 16.5. The molecule has 2 aromatic carbocycles. The maximum absolute atomic E-state index is 10.4. The van der Waals surface area contributed by atoms with E-state index in [2.05, 4.69) is 11.9 Å². The van der Waals surface area contributed by atoms with E-state index in [4.69, 9.17) is 4.74 Å². The summed E-state index contributed by atoms with van der Waals surface area (Å²) in [4.78, 5) is 0. The molecule has 5 heteroatoms. The lowest BCUT2D eigenvalue weighted by Gasteiger charge is -2.25. The van der Waals surface area contributed by atoms with Gasteiger partial charge >= 0.3 is 0 Å². The number of ether oxygens (including phenoxy) is 1. The van der Waals surface area contributed by atoms with Crippen LogP contribution in [0.4, 0.5) is 0 Å². The van der Waals surface area contributed by atoms with Gasteiger partial charge in [0.25, 0.3) is 0 Å². The van der Waals surface area contributed by atoms with Gasteiger partial charge in [0.15, 0.2) is 0 Å². The van der Waals surface area contributed by atoms with Crippen LogP contribution in [0.5, 0.6) is 5.75 Å². The van der Waals surface area contributed by atoms with Gasteiger partial charge in [-0.05, 0) is 17.6 Å². The number of aliphatic hydroxyl groups excluding tert-OH is 1. The van der Waals surface area contributed by atoms with E-state index in [-0.39, 0.29) is 19.6 Å². The van der Waals surface area contributed by atoms with Crippen molar-refractivity contribution >= 4 is 0 Å². The number of hydrogen-bond donors (Lipinski definition) is 4. The molecule has 1 aliphatic carbocycles. The Morgan fingerprint density at radius 2 is 1.76 bits per heavy atom. The van der Waals surface area contributed by atoms with Gasteiger partial charge in [-0.1, -0.05) is 78.9 Å². The van der Waals surface area contributed by atoms with Crippen molar-refractivity contribution in [2.75, 3.05) is 0 Å². The average molecular weight is 393 g/mol. The van der Waals surface area contributed by atoms with Gasteiger partial charge in [-0.25, -0.2) is 0 Å². The predicted octanol–water partition coefficient (Wildman–Crippen LogP) is 3.32. The molecule has 0 saturated heterocycles. The highest BCUT2D eigenvalue weighted by molar-refractivity contribution is 5.41. The molecular formula is C24H27NO4. The minimum absolute atomic E-state index is 0.0523. The molecular weight excluding hydrogens is 366 g/mol. The zero-order chi connectivity index (χ0) is 20.7. The molecule has 0 aliphatic heterocycles. The van der Waals surface area contributed by atoms with E-state index in [9.17, 15) is 15.3 Å². The Morgan fingerprint density at radius 1 is 1.00 bits per heavy atom. The smallest absolute Gasteiger partial charge is 0.226 e. The number of aliphatic hydroxyl groups is 3. The highest BCUT2D eigenvalue weighted by Crippen LogP contribution is 2.27. The Balaban J connectivity index is 1.68. The van der Waals surface area contributed by atoms with Gasteiger partial charge in [-0.2, -0.15) is 0 Å². The summed E-state index contributed by atoms with van der Waals surface area (Å²) in [6.07, 6.45) is 6.42. The number of nitrogens with one attached hydrogen (secondary N) is 1. The molecule has 4 N–H and O–H groups in total. The molecule has 0 fully saturated rings. The van der Waals surface area contributed by atoms with Crippen molar-refractivity contribution in [1.29, 1.82) is 0 Å². The predicted molar refractivity (Wildman–Crippen MR) is 113 cm³/mol. The number of hydrogen-bond acceptors (Lipinski definition) is 5. The van der Waals surface area contributed by atoms with Crippen LogP contribution in [0.25, 0.3) is 0 Å². The van der Waals surface area contributed by atoms with Crippen LogP contribution in [-0.4, -0.2) is 21.2 Å². The molecule has 0 unspecified atom stereocenters. The molecule has 0 saturated carbocycles. The Hall–Kier alpha value is -2.70. The molecule has 3 rings (SSSR count). The summed E-state index contributed by atoms with van der Waals surface area (Å²) in [7, 11) is 0. The van der Waals surface area contributed by atoms with Crippen molar-refractivity contribution in [3.05, 3.63) is 101 Å². The second-order valence-electron chi connectivity index (χ2n) is 7.16. The largest absolute Gasteiger partial charge is 0.488 e. The SMILES string of the molecule is C=C1C=CC(CC(O)(O)NCc2cccc(CO)c2OCc2ccccc2)=CC1. The third-order valence-electron chi connectivity index (χ3n) is 4.75. The van der Waals surface area contributed by atoms with E-state index in [1.165, 1.54) is 0 Å². The van der Waals surface area contributed by atoms with E-state index in [0.29, 0.717) is 24.3 Å². The topological polar surface area (TPSA) is 82.0 Å². The van der Waals surface area contributed by atoms with Crippen molar-refractivity contribution in [1.82, 2.24) is 5.32 Å². The lowest BCUT2D eigenvalue weighted by Crippen LogP contribution is -2.44. The molecule has 2 aromatic rings. The molecule has 0 amide bonds. The average Bonchev–Trinajstić information content (AvgIpc) is 2.73. The molecule has 29 heavy (non-hydrogen) atoms. The summed E-state index contributed by atoms with van der Waals surface area (Å²) >= 11 is 0. The van der Waals surface area contributed by atoms with Gasteiger partial charge in [0.2, 0.25) is 5.91 Å². The van der Waals surface area contributed by atoms with Crippen molar-refractivity contribution in [3.8, 4) is 5.75 Å². The van der Waals surface area contributed by atoms with E-state index >= 15 is 0 Å². The molecule has 0 bridgehead atoms. The van der Waals surface area contributed by atoms with Crippen LogP contribution in [0.3, 0.4) is 0 Å². The summed E-state index contributed by atoms with van der Waals surface area (Å²) in [5.74, 6) is -1.52. The maximum atomic E-state index is 10.4. The van der Waals surface area contributed by atoms with Crippen molar-refractivity contribution in [2.24, 2.45) is 0 Å². The van der Waals surface area contributed by atoms with Gasteiger partial charge in [-0.15, -0.1) is 0 Å². The first-order chi connectivity index (χ1) is 14.0. The maximum Gasteiger partial charge on any atom is 0.226 e. The number of benzene rings is 2. The van der Waals surface area contributed by atoms with Crippen LogP contribution in [0.15, 0.2) is 84.5 Å². The molecule has 0 radical (unpaired) electrons. The summed E-state index contributed by atoms with van der Waals surface area (Å²) < 4.78 is 5.98. The minimum Gasteiger partial charge on any atom is -0.488 e. The second-order valence-corrected chi connectivity index (χ2v) is 7.16. The molecule has 5 nitrogen and oxygen atoms in total. The third-order valence-corrected chi connectivity index (χ3v) is 4.75. The summed E-state index contributed by atoms with van der Waals surface area (Å²) in [6, 6.07) is 15.2. The Morgan fingerprint density at radius 3 is 2.45 bits per heavy atom. The molecule has 1 aliphatic rings. The number of allylic oxidation sites excluding steroid dienone is 4. The Bertz CT molecular complexity index is 900. The quantitative estimate of drug-likeness (QED) is 0.492. The molecule has 152 valence electrons. The fourth-order valence-corrected chi connectivity index (χ4v) is 3.16. The van der Waals surface area contributed by atoms with Gasteiger partial charge in [0, 0.05) is 24.1 Å². The van der Waals surface area contributed by atoms with Crippen LogP contribution >= 0.6 is 0 Å². The van der Waals surface area contributed by atoms with Crippen LogP contribution < -0.4 is 10.1 Å². The fourth-order valence-electron chi connectivity index (χ4n) is 3.16. The second kappa shape index (κ2) is 9.67. The van der Waals surface area contributed by atoms with E-state index < -0.39 is 5.91 Å². The zero-order valence-electron chi connectivity index (χ0n) is 16.3. The summed E-state index contributed by atoms with van der Waals surface area (Å²) in [5.41, 5.74) is 4.22. The third kappa shape index (κ3) is 6.14. The Labute approximate surface area is 171 Å². The summed E-state index contributed by atoms with van der Waals surface area (Å²) in [5, 5.41) is 33.2. The monoisotopic (exact) mass is 393 g/mol. The van der Waals surface area contributed by atoms with E-state index in [1.807, 2.05) is 60.7 Å². The normalized spacial score (nSPS) is 14.0. The lowest BCUT2D eigenvalue weighted by atomic mass is 10.00. The van der Waals surface area contributed by atoms with Gasteiger partial charge < -0.3 is 20.1 Å². The molecule has 0 atom stereocenters. The standard InChI is InChI=1S/C24H27NO4/c1-18-10-12-19(13-11-18)14-24(27,28)25-15-21-8-5-9-22(16-26)23(21)29-17-20-6-3-2-4-7-20/h2-10,12-13,25-28H,1,11,14-17H2. The first-order valence-corrected chi connectivity index (χ1v) is 9.60. The zero-order valence-corrected chi connectivity index (χ0v) is 16.3. The molecule has 0 heterocycles. The minimum atomic E-state index is -2.07. The Kier molecular flexibility index (Phi) is 7.01. The van der Waals surface area contributed by atoms with E-state index in [1.54, 1.807) is 6.07 Å². The molecule has 0 spiro atoms. The highest BCUT2D eigenvalue weighted by Gasteiger charge is 2.24. The molecule has 0 aromatic heterocycles. The summed E-state index contributed by atoms with van der Waals surface area (Å²) in [6.45, 7) is 4.25. The van der Waals surface area contributed by atoms with Crippen LogP contribution in [0.1, 0.15) is 29.5 Å². The lowest BCUT2D eigenvalue weighted by molar-refractivity contribution is -0.184. The van der Waals surface area contributed by atoms with Crippen molar-refractivity contribution in [3.63, 3.8) is 0 Å². The van der Waals surface area contributed by atoms with Crippen LogP contribution in [0.2, 0.25) is 0 Å². The first kappa shape index (κ1) is 21.0. The van der Waals surface area contributed by atoms with Crippen LogP contribution in [-0.2, 0) is 19.8 Å². The van der Waals surface area contributed by atoms with Crippen molar-refractivity contribution < 1.29 is 20.1 Å². The van der Waals surface area contributed by atoms with Crippen LogP contribution in [0, 0.1) is 0 Å². The van der Waals surface area contributed by atoms with Gasteiger partial charge in [-0.3, -0.25) is 5.32 Å². The van der Waals surface area contributed by atoms with E-state index in [0.717, 1.165) is 22.3 Å². The number of para-hydroxylation sites is 1. The van der Waals surface area contributed by atoms with Crippen molar-refractivity contribution in [2.45, 2.75) is 38.5 Å². The fraction of sp³-hybridized carbons (Fsp3) is 0.250. The number of rotatable bonds is 9. The van der Waals surface area contributed by atoms with Gasteiger partial charge in [0.05, 0.1) is 6.61 Å².